The lowest BCUT2D eigenvalue weighted by Gasteiger charge is -2.22. The van der Waals surface area contributed by atoms with Gasteiger partial charge >= 0.3 is 5.97 Å². The molecule has 2 heteroatoms. The van der Waals surface area contributed by atoms with E-state index < -0.39 is 0 Å². The van der Waals surface area contributed by atoms with Crippen LogP contribution in [0.25, 0.3) is 0 Å². The van der Waals surface area contributed by atoms with Crippen molar-refractivity contribution in [2.24, 2.45) is 23.2 Å². The van der Waals surface area contributed by atoms with Crippen LogP contribution >= 0.6 is 0 Å². The molecule has 1 atom stereocenters. The summed E-state index contributed by atoms with van der Waals surface area (Å²) in [7, 11) is 0. The van der Waals surface area contributed by atoms with Crippen LogP contribution in [-0.4, -0.2) is 12.6 Å². The molecule has 2 nitrogen and oxygen atoms in total. The van der Waals surface area contributed by atoms with Crippen LogP contribution in [0, 0.1) is 23.2 Å². The van der Waals surface area contributed by atoms with Gasteiger partial charge in [0.25, 0.3) is 0 Å². The average molecular weight is 383 g/mol. The molecule has 0 amide bonds. The molecule has 0 radical (unpaired) electrons. The third-order valence-corrected chi connectivity index (χ3v) is 6.21. The molecule has 0 aromatic rings. The number of carbonyl (C=O) groups excluding carboxylic acids is 1. The zero-order chi connectivity index (χ0) is 20.7. The maximum Gasteiger partial charge on any atom is 0.305 e. The average Bonchev–Trinajstić information content (AvgIpc) is 2.59. The second kappa shape index (κ2) is 15.4. The van der Waals surface area contributed by atoms with E-state index in [2.05, 4.69) is 48.5 Å². The second-order valence-electron chi connectivity index (χ2n) is 10.2. The summed E-state index contributed by atoms with van der Waals surface area (Å²) in [5.41, 5.74) is 0.518. The summed E-state index contributed by atoms with van der Waals surface area (Å²) < 4.78 is 5.56. The van der Waals surface area contributed by atoms with Gasteiger partial charge in [-0.2, -0.15) is 0 Å². The third-order valence-electron chi connectivity index (χ3n) is 6.21. The molecule has 0 aliphatic heterocycles. The van der Waals surface area contributed by atoms with Crippen molar-refractivity contribution in [1.82, 2.24) is 0 Å². The number of unbranched alkanes of at least 4 members (excludes halogenated alkanes) is 6. The van der Waals surface area contributed by atoms with Crippen LogP contribution in [0.4, 0.5) is 0 Å². The first kappa shape index (κ1) is 26.5. The molecule has 0 spiro atoms. The lowest BCUT2D eigenvalue weighted by molar-refractivity contribution is -0.145. The van der Waals surface area contributed by atoms with Gasteiger partial charge < -0.3 is 4.74 Å². The third kappa shape index (κ3) is 16.2. The summed E-state index contributed by atoms with van der Waals surface area (Å²) in [6.45, 7) is 16.6. The largest absolute Gasteiger partial charge is 0.465 e. The van der Waals surface area contributed by atoms with Gasteiger partial charge in [-0.15, -0.1) is 0 Å². The van der Waals surface area contributed by atoms with Crippen molar-refractivity contribution in [2.75, 3.05) is 6.61 Å². The van der Waals surface area contributed by atoms with E-state index in [1.54, 1.807) is 0 Å². The van der Waals surface area contributed by atoms with Crippen molar-refractivity contribution >= 4 is 5.97 Å². The summed E-state index contributed by atoms with van der Waals surface area (Å²) in [5, 5.41) is 0. The zero-order valence-electron chi connectivity index (χ0n) is 19.7. The van der Waals surface area contributed by atoms with Crippen LogP contribution in [-0.2, 0) is 9.53 Å². The number of hydrogen-bond donors (Lipinski definition) is 0. The molecule has 0 fully saturated rings. The highest BCUT2D eigenvalue weighted by atomic mass is 16.5. The fourth-order valence-electron chi connectivity index (χ4n) is 3.36. The first-order chi connectivity index (χ1) is 12.7. The minimum absolute atomic E-state index is 0.00648. The molecule has 0 saturated carbocycles. The smallest absolute Gasteiger partial charge is 0.305 e. The van der Waals surface area contributed by atoms with E-state index >= 15 is 0 Å². The van der Waals surface area contributed by atoms with Crippen LogP contribution in [0.2, 0.25) is 0 Å². The Labute approximate surface area is 171 Å². The normalized spacial score (nSPS) is 13.4. The fraction of sp³-hybridized carbons (Fsp3) is 0.960. The van der Waals surface area contributed by atoms with E-state index in [1.165, 1.54) is 51.4 Å². The lowest BCUT2D eigenvalue weighted by Crippen LogP contribution is -2.19. The molecule has 0 bridgehead atoms. The van der Waals surface area contributed by atoms with E-state index in [-0.39, 0.29) is 5.97 Å². The molecule has 0 aliphatic rings. The molecule has 0 aliphatic carbocycles. The molecular formula is C25H50O2. The van der Waals surface area contributed by atoms with E-state index in [9.17, 15) is 4.79 Å². The van der Waals surface area contributed by atoms with Gasteiger partial charge in [-0.25, -0.2) is 0 Å². The predicted octanol–water partition coefficient (Wildman–Crippen LogP) is 8.19. The molecule has 162 valence electrons. The molecule has 0 aromatic heterocycles. The van der Waals surface area contributed by atoms with Crippen LogP contribution in [0.3, 0.4) is 0 Å². The molecule has 0 saturated heterocycles. The SMILES string of the molecule is CCC(C)(C)CCCCCCCCCC(=O)OCC(CCC(C)C)C(C)C. The zero-order valence-corrected chi connectivity index (χ0v) is 19.7. The van der Waals surface area contributed by atoms with Crippen molar-refractivity contribution in [3.05, 3.63) is 0 Å². The number of hydrogen-bond acceptors (Lipinski definition) is 2. The van der Waals surface area contributed by atoms with Gasteiger partial charge in [-0.3, -0.25) is 4.79 Å². The lowest BCUT2D eigenvalue weighted by atomic mass is 9.84. The Morgan fingerprint density at radius 1 is 0.852 bits per heavy atom. The highest BCUT2D eigenvalue weighted by Crippen LogP contribution is 2.27. The van der Waals surface area contributed by atoms with Crippen molar-refractivity contribution in [1.29, 1.82) is 0 Å². The topological polar surface area (TPSA) is 26.3 Å². The van der Waals surface area contributed by atoms with E-state index in [0.29, 0.717) is 30.3 Å². The Balaban J connectivity index is 3.63. The number of carbonyl (C=O) groups is 1. The first-order valence-corrected chi connectivity index (χ1v) is 11.8. The Kier molecular flexibility index (Phi) is 15.1. The van der Waals surface area contributed by atoms with E-state index in [1.807, 2.05) is 0 Å². The summed E-state index contributed by atoms with van der Waals surface area (Å²) in [5.74, 6) is 1.82. The van der Waals surface area contributed by atoms with Gasteiger partial charge in [-0.05, 0) is 42.4 Å². The Hall–Kier alpha value is -0.530. The Bertz CT molecular complexity index is 357. The van der Waals surface area contributed by atoms with Crippen LogP contribution < -0.4 is 0 Å². The van der Waals surface area contributed by atoms with Crippen LogP contribution in [0.15, 0.2) is 0 Å². The van der Waals surface area contributed by atoms with Gasteiger partial charge in [0.15, 0.2) is 0 Å². The number of rotatable bonds is 17. The van der Waals surface area contributed by atoms with Crippen molar-refractivity contribution in [2.45, 2.75) is 126 Å². The number of ether oxygens (including phenoxy) is 1. The monoisotopic (exact) mass is 382 g/mol. The highest BCUT2D eigenvalue weighted by Gasteiger charge is 2.16. The molecule has 0 heterocycles. The fourth-order valence-corrected chi connectivity index (χ4v) is 3.36. The minimum Gasteiger partial charge on any atom is -0.465 e. The first-order valence-electron chi connectivity index (χ1n) is 11.8. The van der Waals surface area contributed by atoms with Gasteiger partial charge in [0, 0.05) is 6.42 Å². The van der Waals surface area contributed by atoms with Gasteiger partial charge in [0.2, 0.25) is 0 Å². The quantitative estimate of drug-likeness (QED) is 0.187. The molecule has 1 unspecified atom stereocenters. The van der Waals surface area contributed by atoms with Gasteiger partial charge in [-0.1, -0.05) is 99.8 Å². The Morgan fingerprint density at radius 3 is 1.93 bits per heavy atom. The summed E-state index contributed by atoms with van der Waals surface area (Å²) in [6, 6.07) is 0. The molecule has 0 N–H and O–H groups in total. The molecule has 27 heavy (non-hydrogen) atoms. The van der Waals surface area contributed by atoms with Gasteiger partial charge in [0.05, 0.1) is 6.61 Å². The molecule has 0 rings (SSSR count). The maximum atomic E-state index is 12.0. The van der Waals surface area contributed by atoms with Crippen molar-refractivity contribution in [3.63, 3.8) is 0 Å². The minimum atomic E-state index is 0.00648. The standard InChI is InChI=1S/C25H50O2/c1-8-25(6,7)19-15-13-11-9-10-12-14-16-24(26)27-20-23(22(4)5)18-17-21(2)3/h21-23H,8-20H2,1-7H3. The number of esters is 1. The van der Waals surface area contributed by atoms with Crippen molar-refractivity contribution < 1.29 is 9.53 Å². The van der Waals surface area contributed by atoms with E-state index in [4.69, 9.17) is 4.74 Å². The molecular weight excluding hydrogens is 332 g/mol. The highest BCUT2D eigenvalue weighted by molar-refractivity contribution is 5.69. The van der Waals surface area contributed by atoms with Crippen LogP contribution in [0.5, 0.6) is 0 Å². The second-order valence-corrected chi connectivity index (χ2v) is 10.2. The summed E-state index contributed by atoms with van der Waals surface area (Å²) >= 11 is 0. The summed E-state index contributed by atoms with van der Waals surface area (Å²) in [6.07, 6.45) is 14.4. The summed E-state index contributed by atoms with van der Waals surface area (Å²) in [4.78, 5) is 12.0. The molecule has 0 aromatic carbocycles. The van der Waals surface area contributed by atoms with Crippen LogP contribution in [0.1, 0.15) is 126 Å². The van der Waals surface area contributed by atoms with Gasteiger partial charge in [0.1, 0.15) is 0 Å². The Morgan fingerprint density at radius 2 is 1.41 bits per heavy atom. The maximum absolute atomic E-state index is 12.0. The van der Waals surface area contributed by atoms with E-state index in [0.717, 1.165) is 25.2 Å². The van der Waals surface area contributed by atoms with Crippen molar-refractivity contribution in [3.8, 4) is 0 Å². The predicted molar refractivity (Wildman–Crippen MR) is 119 cm³/mol.